The summed E-state index contributed by atoms with van der Waals surface area (Å²) < 4.78 is 18.7. The minimum absolute atomic E-state index is 0.166. The van der Waals surface area contributed by atoms with Crippen molar-refractivity contribution in [3.8, 4) is 5.75 Å². The molecule has 0 N–H and O–H groups in total. The zero-order valence-electron chi connectivity index (χ0n) is 11.5. The van der Waals surface area contributed by atoms with E-state index >= 15 is 0 Å². The maximum absolute atomic E-state index is 12.9. The van der Waals surface area contributed by atoms with Crippen LogP contribution in [0.5, 0.6) is 5.75 Å². The molecule has 3 rings (SSSR count). The minimum atomic E-state index is -0.244. The molecule has 1 aromatic heterocycles. The van der Waals surface area contributed by atoms with E-state index in [0.717, 1.165) is 37.5 Å². The number of piperidine rings is 1. The average molecular weight is 307 g/mol. The molecular weight excluding hydrogens is 291 g/mol. The van der Waals surface area contributed by atoms with Gasteiger partial charge in [0, 0.05) is 32.1 Å². The topological polar surface area (TPSA) is 25.4 Å². The zero-order valence-corrected chi connectivity index (χ0v) is 12.3. The molecule has 0 bridgehead atoms. The molecule has 21 heavy (non-hydrogen) atoms. The number of pyridine rings is 1. The lowest BCUT2D eigenvalue weighted by atomic mass is 10.1. The van der Waals surface area contributed by atoms with E-state index in [9.17, 15) is 4.39 Å². The van der Waals surface area contributed by atoms with Gasteiger partial charge in [0.1, 0.15) is 23.5 Å². The number of halogens is 2. The Balaban J connectivity index is 1.55. The van der Waals surface area contributed by atoms with Crippen molar-refractivity contribution in [2.75, 3.05) is 18.0 Å². The Hall–Kier alpha value is -1.81. The number of rotatable bonds is 3. The van der Waals surface area contributed by atoms with Crippen molar-refractivity contribution in [1.82, 2.24) is 4.98 Å². The third-order valence-corrected chi connectivity index (χ3v) is 3.82. The standard InChI is InChI=1S/C16H16ClFN2O/c17-12-1-6-16(19-11-12)20-9-7-15(8-10-20)21-14-4-2-13(18)3-5-14/h1-6,11,15H,7-10H2. The van der Waals surface area contributed by atoms with Crippen LogP contribution in [0.1, 0.15) is 12.8 Å². The summed E-state index contributed by atoms with van der Waals surface area (Å²) in [6.45, 7) is 1.78. The molecule has 5 heteroatoms. The van der Waals surface area contributed by atoms with Crippen LogP contribution in [0, 0.1) is 5.82 Å². The first kappa shape index (κ1) is 14.1. The maximum Gasteiger partial charge on any atom is 0.128 e. The average Bonchev–Trinajstić information content (AvgIpc) is 2.51. The smallest absolute Gasteiger partial charge is 0.128 e. The fourth-order valence-corrected chi connectivity index (χ4v) is 2.58. The summed E-state index contributed by atoms with van der Waals surface area (Å²) in [7, 11) is 0. The molecule has 0 saturated carbocycles. The molecule has 2 aromatic rings. The van der Waals surface area contributed by atoms with Crippen molar-refractivity contribution < 1.29 is 9.13 Å². The van der Waals surface area contributed by atoms with Gasteiger partial charge in [-0.15, -0.1) is 0 Å². The highest BCUT2D eigenvalue weighted by Crippen LogP contribution is 2.22. The Morgan fingerprint density at radius 1 is 1.10 bits per heavy atom. The Labute approximate surface area is 128 Å². The van der Waals surface area contributed by atoms with Gasteiger partial charge in [-0.2, -0.15) is 0 Å². The molecule has 1 aromatic carbocycles. The van der Waals surface area contributed by atoms with Gasteiger partial charge in [0.25, 0.3) is 0 Å². The summed E-state index contributed by atoms with van der Waals surface area (Å²) in [5, 5.41) is 0.647. The predicted molar refractivity (Wildman–Crippen MR) is 81.5 cm³/mol. The third-order valence-electron chi connectivity index (χ3n) is 3.59. The summed E-state index contributed by atoms with van der Waals surface area (Å²) in [6.07, 6.45) is 3.67. The normalized spacial score (nSPS) is 16.0. The number of hydrogen-bond donors (Lipinski definition) is 0. The van der Waals surface area contributed by atoms with Crippen molar-refractivity contribution >= 4 is 17.4 Å². The Bertz CT molecular complexity index is 580. The molecule has 0 atom stereocenters. The molecule has 1 aliphatic rings. The number of nitrogens with zero attached hydrogens (tertiary/aromatic N) is 2. The molecule has 1 aliphatic heterocycles. The van der Waals surface area contributed by atoms with Gasteiger partial charge in [-0.25, -0.2) is 9.37 Å². The lowest BCUT2D eigenvalue weighted by Gasteiger charge is -2.32. The summed E-state index contributed by atoms with van der Waals surface area (Å²) in [5.74, 6) is 1.42. The highest BCUT2D eigenvalue weighted by Gasteiger charge is 2.21. The number of anilines is 1. The number of benzene rings is 1. The first-order valence-corrected chi connectivity index (χ1v) is 7.37. The summed E-state index contributed by atoms with van der Waals surface area (Å²) >= 11 is 5.85. The molecule has 0 unspecified atom stereocenters. The van der Waals surface area contributed by atoms with Gasteiger partial charge in [-0.05, 0) is 36.4 Å². The first-order chi connectivity index (χ1) is 10.2. The van der Waals surface area contributed by atoms with Crippen molar-refractivity contribution in [3.05, 3.63) is 53.4 Å². The van der Waals surface area contributed by atoms with E-state index < -0.39 is 0 Å². The fraction of sp³-hybridized carbons (Fsp3) is 0.312. The highest BCUT2D eigenvalue weighted by atomic mass is 35.5. The second-order valence-corrected chi connectivity index (χ2v) is 5.53. The van der Waals surface area contributed by atoms with Crippen molar-refractivity contribution in [2.45, 2.75) is 18.9 Å². The van der Waals surface area contributed by atoms with Gasteiger partial charge in [-0.1, -0.05) is 11.6 Å². The number of ether oxygens (including phenoxy) is 1. The summed E-state index contributed by atoms with van der Waals surface area (Å²) in [4.78, 5) is 6.56. The molecule has 110 valence electrons. The van der Waals surface area contributed by atoms with Crippen LogP contribution in [-0.2, 0) is 0 Å². The van der Waals surface area contributed by atoms with E-state index in [2.05, 4.69) is 9.88 Å². The molecular formula is C16H16ClFN2O. The van der Waals surface area contributed by atoms with Crippen LogP contribution < -0.4 is 9.64 Å². The van der Waals surface area contributed by atoms with Crippen LogP contribution >= 0.6 is 11.6 Å². The molecule has 2 heterocycles. The van der Waals surface area contributed by atoms with E-state index in [4.69, 9.17) is 16.3 Å². The van der Waals surface area contributed by atoms with Gasteiger partial charge in [0.15, 0.2) is 0 Å². The zero-order chi connectivity index (χ0) is 14.7. The van der Waals surface area contributed by atoms with Gasteiger partial charge < -0.3 is 9.64 Å². The highest BCUT2D eigenvalue weighted by molar-refractivity contribution is 6.30. The third kappa shape index (κ3) is 3.64. The van der Waals surface area contributed by atoms with Crippen LogP contribution in [-0.4, -0.2) is 24.2 Å². The molecule has 0 amide bonds. The minimum Gasteiger partial charge on any atom is -0.490 e. The van der Waals surface area contributed by atoms with Gasteiger partial charge in [0.05, 0.1) is 5.02 Å². The second-order valence-electron chi connectivity index (χ2n) is 5.09. The van der Waals surface area contributed by atoms with Crippen LogP contribution in [0.15, 0.2) is 42.6 Å². The number of hydrogen-bond acceptors (Lipinski definition) is 3. The Morgan fingerprint density at radius 3 is 2.43 bits per heavy atom. The number of aromatic nitrogens is 1. The van der Waals surface area contributed by atoms with Crippen molar-refractivity contribution in [2.24, 2.45) is 0 Å². The molecule has 1 fully saturated rings. The lowest BCUT2D eigenvalue weighted by molar-refractivity contribution is 0.170. The molecule has 0 radical (unpaired) electrons. The molecule has 1 saturated heterocycles. The lowest BCUT2D eigenvalue weighted by Crippen LogP contribution is -2.38. The fourth-order valence-electron chi connectivity index (χ4n) is 2.46. The SMILES string of the molecule is Fc1ccc(OC2CCN(c3ccc(Cl)cn3)CC2)cc1. The first-order valence-electron chi connectivity index (χ1n) is 6.99. The van der Waals surface area contributed by atoms with Crippen LogP contribution in [0.2, 0.25) is 5.02 Å². The molecule has 0 spiro atoms. The summed E-state index contributed by atoms with van der Waals surface area (Å²) in [5.41, 5.74) is 0. The maximum atomic E-state index is 12.9. The quantitative estimate of drug-likeness (QED) is 0.859. The van der Waals surface area contributed by atoms with Crippen molar-refractivity contribution in [3.63, 3.8) is 0 Å². The van der Waals surface area contributed by atoms with Gasteiger partial charge in [0.2, 0.25) is 0 Å². The van der Waals surface area contributed by atoms with Crippen molar-refractivity contribution in [1.29, 1.82) is 0 Å². The monoisotopic (exact) mass is 306 g/mol. The molecule has 3 nitrogen and oxygen atoms in total. The van der Waals surface area contributed by atoms with Gasteiger partial charge >= 0.3 is 0 Å². The van der Waals surface area contributed by atoms with E-state index in [-0.39, 0.29) is 11.9 Å². The largest absolute Gasteiger partial charge is 0.490 e. The predicted octanol–water partition coefficient (Wildman–Crippen LogP) is 3.92. The van der Waals surface area contributed by atoms with Gasteiger partial charge in [-0.3, -0.25) is 0 Å². The Kier molecular flexibility index (Phi) is 4.25. The molecule has 0 aliphatic carbocycles. The summed E-state index contributed by atoms with van der Waals surface area (Å²) in [6, 6.07) is 9.96. The van der Waals surface area contributed by atoms with E-state index in [1.807, 2.05) is 12.1 Å². The van der Waals surface area contributed by atoms with Crippen LogP contribution in [0.25, 0.3) is 0 Å². The van der Waals surface area contributed by atoms with E-state index in [1.165, 1.54) is 12.1 Å². The Morgan fingerprint density at radius 2 is 1.81 bits per heavy atom. The van der Waals surface area contributed by atoms with Crippen LogP contribution in [0.4, 0.5) is 10.2 Å². The van der Waals surface area contributed by atoms with E-state index in [1.54, 1.807) is 18.3 Å². The van der Waals surface area contributed by atoms with Crippen LogP contribution in [0.3, 0.4) is 0 Å². The second kappa shape index (κ2) is 6.31. The van der Waals surface area contributed by atoms with E-state index in [0.29, 0.717) is 5.02 Å².